The van der Waals surface area contributed by atoms with Crippen molar-refractivity contribution in [2.75, 3.05) is 0 Å². The van der Waals surface area contributed by atoms with Crippen molar-refractivity contribution < 1.29 is 0 Å². The van der Waals surface area contributed by atoms with Crippen molar-refractivity contribution in [3.05, 3.63) is 0 Å². The molecular formula is C14H25N. The molecule has 0 aromatic rings. The van der Waals surface area contributed by atoms with E-state index in [9.17, 15) is 0 Å². The summed E-state index contributed by atoms with van der Waals surface area (Å²) in [5, 5.41) is 0. The highest BCUT2D eigenvalue weighted by molar-refractivity contribution is 5.03. The summed E-state index contributed by atoms with van der Waals surface area (Å²) in [6.07, 6.45) is 7.68. The molecule has 0 spiro atoms. The third kappa shape index (κ3) is 1.39. The molecule has 5 saturated carbocycles. The molecule has 0 amide bonds. The van der Waals surface area contributed by atoms with Gasteiger partial charge in [0, 0.05) is 6.04 Å². The topological polar surface area (TPSA) is 26.0 Å². The standard InChI is InChI=1S/C14H25N/c1-8(9(2)15)14-12-5-3-10-7-11(12)4-6-13(10)14/h8-14H,3-7,15H2,1-2H3. The summed E-state index contributed by atoms with van der Waals surface area (Å²) in [6, 6.07) is 0.399. The smallest absolute Gasteiger partial charge is 0.00389 e. The first kappa shape index (κ1) is 10.1. The number of hydrogen-bond donors (Lipinski definition) is 1. The lowest BCUT2D eigenvalue weighted by atomic mass is 9.46. The van der Waals surface area contributed by atoms with Gasteiger partial charge >= 0.3 is 0 Å². The average molecular weight is 207 g/mol. The first-order chi connectivity index (χ1) is 7.18. The largest absolute Gasteiger partial charge is 0.328 e. The molecule has 1 nitrogen and oxygen atoms in total. The molecule has 0 saturated heterocycles. The highest BCUT2D eigenvalue weighted by Crippen LogP contribution is 2.60. The van der Waals surface area contributed by atoms with Crippen molar-refractivity contribution in [1.29, 1.82) is 0 Å². The van der Waals surface area contributed by atoms with Crippen molar-refractivity contribution >= 4 is 0 Å². The first-order valence-corrected chi connectivity index (χ1v) is 6.94. The van der Waals surface area contributed by atoms with E-state index in [0.717, 1.165) is 35.5 Å². The maximum absolute atomic E-state index is 6.13. The molecule has 0 aromatic carbocycles. The van der Waals surface area contributed by atoms with Gasteiger partial charge in [0.15, 0.2) is 0 Å². The molecule has 0 heterocycles. The van der Waals surface area contributed by atoms with Crippen molar-refractivity contribution in [2.45, 2.75) is 52.0 Å². The molecule has 5 fully saturated rings. The fourth-order valence-electron chi connectivity index (χ4n) is 5.15. The summed E-state index contributed by atoms with van der Waals surface area (Å²) >= 11 is 0. The molecule has 6 atom stereocenters. The van der Waals surface area contributed by atoms with E-state index in [1.807, 2.05) is 0 Å². The molecule has 86 valence electrons. The van der Waals surface area contributed by atoms with Crippen molar-refractivity contribution in [1.82, 2.24) is 0 Å². The maximum Gasteiger partial charge on any atom is 0.00389 e. The predicted octanol–water partition coefficient (Wildman–Crippen LogP) is 3.04. The van der Waals surface area contributed by atoms with E-state index in [1.165, 1.54) is 25.7 Å². The summed E-state index contributed by atoms with van der Waals surface area (Å²) < 4.78 is 0. The average Bonchev–Trinajstić information content (AvgIpc) is 2.27. The zero-order valence-corrected chi connectivity index (χ0v) is 10.2. The minimum absolute atomic E-state index is 0.399. The molecular weight excluding hydrogens is 182 g/mol. The number of hydrogen-bond acceptors (Lipinski definition) is 1. The van der Waals surface area contributed by atoms with E-state index in [-0.39, 0.29) is 0 Å². The molecule has 5 aliphatic carbocycles. The molecule has 0 radical (unpaired) electrons. The van der Waals surface area contributed by atoms with Crippen LogP contribution < -0.4 is 5.73 Å². The van der Waals surface area contributed by atoms with Gasteiger partial charge in [0.05, 0.1) is 0 Å². The number of fused-ring (bicyclic) bond motifs is 2. The summed E-state index contributed by atoms with van der Waals surface area (Å²) in [6.45, 7) is 4.62. The molecule has 1 heteroatoms. The Balaban J connectivity index is 1.85. The predicted molar refractivity (Wildman–Crippen MR) is 63.3 cm³/mol. The highest BCUT2D eigenvalue weighted by Gasteiger charge is 2.53. The van der Waals surface area contributed by atoms with Gasteiger partial charge in [0.25, 0.3) is 0 Å². The fourth-order valence-corrected chi connectivity index (χ4v) is 5.15. The van der Waals surface area contributed by atoms with Gasteiger partial charge in [-0.2, -0.15) is 0 Å². The Bertz CT molecular complexity index is 230. The molecule has 5 rings (SSSR count). The second kappa shape index (κ2) is 3.48. The zero-order chi connectivity index (χ0) is 10.6. The molecule has 15 heavy (non-hydrogen) atoms. The Labute approximate surface area is 93.8 Å². The van der Waals surface area contributed by atoms with E-state index >= 15 is 0 Å². The van der Waals surface area contributed by atoms with Crippen molar-refractivity contribution in [3.63, 3.8) is 0 Å². The minimum atomic E-state index is 0.399. The first-order valence-electron chi connectivity index (χ1n) is 6.94. The summed E-state index contributed by atoms with van der Waals surface area (Å²) in [5.41, 5.74) is 6.13. The van der Waals surface area contributed by atoms with Gasteiger partial charge < -0.3 is 5.73 Å². The SMILES string of the molecule is CC(N)C(C)C1C2CCC3CC2CCC31. The van der Waals surface area contributed by atoms with Crippen LogP contribution in [0.25, 0.3) is 0 Å². The van der Waals surface area contributed by atoms with Gasteiger partial charge in [-0.15, -0.1) is 0 Å². The fraction of sp³-hybridized carbons (Fsp3) is 1.00. The van der Waals surface area contributed by atoms with Crippen LogP contribution in [-0.4, -0.2) is 6.04 Å². The Hall–Kier alpha value is -0.0400. The Kier molecular flexibility index (Phi) is 2.35. The monoisotopic (exact) mass is 207 g/mol. The van der Waals surface area contributed by atoms with Crippen LogP contribution in [0.4, 0.5) is 0 Å². The molecule has 0 aromatic heterocycles. The summed E-state index contributed by atoms with van der Waals surface area (Å²) in [5.74, 6) is 6.01. The Morgan fingerprint density at radius 1 is 0.933 bits per heavy atom. The number of rotatable bonds is 2. The van der Waals surface area contributed by atoms with Crippen LogP contribution in [0.3, 0.4) is 0 Å². The normalized spacial score (nSPS) is 51.8. The second-order valence-electron chi connectivity index (χ2n) is 6.53. The molecule has 0 aliphatic heterocycles. The van der Waals surface area contributed by atoms with Crippen LogP contribution >= 0.6 is 0 Å². The van der Waals surface area contributed by atoms with Gasteiger partial charge in [-0.3, -0.25) is 0 Å². The number of nitrogens with two attached hydrogens (primary N) is 1. The zero-order valence-electron chi connectivity index (χ0n) is 10.2. The van der Waals surface area contributed by atoms with Crippen LogP contribution in [0.2, 0.25) is 0 Å². The second-order valence-corrected chi connectivity index (χ2v) is 6.53. The summed E-state index contributed by atoms with van der Waals surface area (Å²) in [7, 11) is 0. The third-order valence-electron chi connectivity index (χ3n) is 5.98. The van der Waals surface area contributed by atoms with Crippen LogP contribution in [0.15, 0.2) is 0 Å². The third-order valence-corrected chi connectivity index (χ3v) is 5.98. The van der Waals surface area contributed by atoms with Gasteiger partial charge in [0.2, 0.25) is 0 Å². The van der Waals surface area contributed by atoms with E-state index < -0.39 is 0 Å². The lowest BCUT2D eigenvalue weighted by Gasteiger charge is -2.59. The maximum atomic E-state index is 6.13. The van der Waals surface area contributed by atoms with Gasteiger partial charge in [-0.25, -0.2) is 0 Å². The quantitative estimate of drug-likeness (QED) is 0.740. The Morgan fingerprint density at radius 3 is 1.93 bits per heavy atom. The minimum Gasteiger partial charge on any atom is -0.328 e. The van der Waals surface area contributed by atoms with Crippen LogP contribution in [0.1, 0.15) is 46.0 Å². The van der Waals surface area contributed by atoms with E-state index in [4.69, 9.17) is 5.73 Å². The van der Waals surface area contributed by atoms with Crippen molar-refractivity contribution in [2.24, 2.45) is 41.2 Å². The van der Waals surface area contributed by atoms with Gasteiger partial charge in [0.1, 0.15) is 0 Å². The van der Waals surface area contributed by atoms with Crippen LogP contribution in [-0.2, 0) is 0 Å². The van der Waals surface area contributed by atoms with Crippen LogP contribution in [0, 0.1) is 35.5 Å². The lowest BCUT2D eigenvalue weighted by Crippen LogP contribution is -2.53. The Morgan fingerprint density at radius 2 is 1.47 bits per heavy atom. The summed E-state index contributed by atoms with van der Waals surface area (Å²) in [4.78, 5) is 0. The molecule has 6 unspecified atom stereocenters. The lowest BCUT2D eigenvalue weighted by molar-refractivity contribution is -0.0990. The molecule has 4 bridgehead atoms. The van der Waals surface area contributed by atoms with E-state index in [1.54, 1.807) is 6.42 Å². The molecule has 2 N–H and O–H groups in total. The van der Waals surface area contributed by atoms with Crippen LogP contribution in [0.5, 0.6) is 0 Å². The molecule has 5 aliphatic rings. The highest BCUT2D eigenvalue weighted by atomic mass is 14.7. The van der Waals surface area contributed by atoms with E-state index in [2.05, 4.69) is 13.8 Å². The van der Waals surface area contributed by atoms with Gasteiger partial charge in [-0.1, -0.05) is 6.92 Å². The van der Waals surface area contributed by atoms with Crippen molar-refractivity contribution in [3.8, 4) is 0 Å². The van der Waals surface area contributed by atoms with Gasteiger partial charge in [-0.05, 0) is 74.5 Å². The van der Waals surface area contributed by atoms with E-state index in [0.29, 0.717) is 6.04 Å².